The molecule has 1 heterocycles. The van der Waals surface area contributed by atoms with Crippen LogP contribution in [-0.4, -0.2) is 63.0 Å². The van der Waals surface area contributed by atoms with Crippen LogP contribution in [0.25, 0.3) is 0 Å². The lowest BCUT2D eigenvalue weighted by Crippen LogP contribution is -2.45. The highest BCUT2D eigenvalue weighted by molar-refractivity contribution is 14.1. The van der Waals surface area contributed by atoms with E-state index in [1.54, 1.807) is 44.2 Å². The van der Waals surface area contributed by atoms with Gasteiger partial charge in [0.15, 0.2) is 29.2 Å². The number of hydrazone groups is 1. The fourth-order valence-electron chi connectivity index (χ4n) is 3.88. The molecule has 3 rings (SSSR count). The van der Waals surface area contributed by atoms with Gasteiger partial charge in [-0.15, -0.1) is 0 Å². The van der Waals surface area contributed by atoms with Gasteiger partial charge in [0, 0.05) is 12.6 Å². The van der Waals surface area contributed by atoms with Crippen molar-refractivity contribution in [3.8, 4) is 23.0 Å². The number of aliphatic hydroxyl groups is 1. The average molecular weight is 682 g/mol. The van der Waals surface area contributed by atoms with E-state index >= 15 is 0 Å². The van der Waals surface area contributed by atoms with Crippen molar-refractivity contribution in [2.45, 2.75) is 33.0 Å². The number of halogens is 1. The highest BCUT2D eigenvalue weighted by Crippen LogP contribution is 2.35. The Hall–Kier alpha value is -4.05. The maximum Gasteiger partial charge on any atom is 0.337 e. The Balaban J connectivity index is 1.70. The van der Waals surface area contributed by atoms with Crippen LogP contribution in [0, 0.1) is 3.57 Å². The first-order valence-corrected chi connectivity index (χ1v) is 13.4. The minimum absolute atomic E-state index is 0.181. The molecule has 0 unspecified atom stereocenters. The SMILES string of the molecule is CCOc1cc([C@H]2NC(=O)NC(C)=C2C(=O)OC)ccc1OC[C@H](O)N/N=C/c1cc(I)c(OC(C)=O)c(OC)c1. The zero-order valence-electron chi connectivity index (χ0n) is 23.1. The molecule has 0 spiro atoms. The lowest BCUT2D eigenvalue weighted by Gasteiger charge is -2.28. The molecule has 2 amide bonds. The molecule has 4 N–H and O–H groups in total. The number of benzene rings is 2. The summed E-state index contributed by atoms with van der Waals surface area (Å²) in [7, 11) is 2.72. The predicted octanol–water partition coefficient (Wildman–Crippen LogP) is 2.75. The number of allylic oxidation sites excluding steroid dienone is 1. The van der Waals surface area contributed by atoms with Gasteiger partial charge in [-0.3, -0.25) is 10.2 Å². The summed E-state index contributed by atoms with van der Waals surface area (Å²) in [6.45, 7) is 4.86. The van der Waals surface area contributed by atoms with E-state index in [-0.39, 0.29) is 12.2 Å². The molecule has 0 aromatic heterocycles. The highest BCUT2D eigenvalue weighted by Gasteiger charge is 2.32. The molecule has 2 atom stereocenters. The van der Waals surface area contributed by atoms with Crippen LogP contribution in [0.5, 0.6) is 23.0 Å². The number of carbonyl (C=O) groups excluding carboxylic acids is 3. The number of nitrogens with one attached hydrogen (secondary N) is 3. The maximum atomic E-state index is 12.4. The Morgan fingerprint density at radius 3 is 2.59 bits per heavy atom. The number of hydrogen-bond acceptors (Lipinski definition) is 11. The smallest absolute Gasteiger partial charge is 0.337 e. The van der Waals surface area contributed by atoms with E-state index in [4.69, 9.17) is 23.7 Å². The molecule has 2 aromatic carbocycles. The summed E-state index contributed by atoms with van der Waals surface area (Å²) < 4.78 is 27.5. The van der Waals surface area contributed by atoms with E-state index in [1.807, 2.05) is 22.6 Å². The number of methoxy groups -OCH3 is 2. The molecule has 0 fully saturated rings. The second-order valence-corrected chi connectivity index (χ2v) is 9.70. The average Bonchev–Trinajstić information content (AvgIpc) is 2.92. The van der Waals surface area contributed by atoms with E-state index < -0.39 is 30.2 Å². The minimum Gasteiger partial charge on any atom is -0.493 e. The first-order valence-electron chi connectivity index (χ1n) is 12.4. The van der Waals surface area contributed by atoms with Crippen LogP contribution in [0.1, 0.15) is 37.9 Å². The molecule has 14 heteroatoms. The number of amides is 2. The van der Waals surface area contributed by atoms with Gasteiger partial charge in [0.25, 0.3) is 0 Å². The van der Waals surface area contributed by atoms with Crippen LogP contribution in [0.4, 0.5) is 4.79 Å². The van der Waals surface area contributed by atoms with Gasteiger partial charge < -0.3 is 39.4 Å². The zero-order chi connectivity index (χ0) is 30.1. The number of ether oxygens (including phenoxy) is 5. The summed E-state index contributed by atoms with van der Waals surface area (Å²) in [5.41, 5.74) is 4.42. The van der Waals surface area contributed by atoms with Crippen molar-refractivity contribution >= 4 is 46.8 Å². The summed E-state index contributed by atoms with van der Waals surface area (Å²) in [4.78, 5) is 35.9. The molecule has 0 radical (unpaired) electrons. The van der Waals surface area contributed by atoms with Crippen LogP contribution in [-0.2, 0) is 14.3 Å². The third-order valence-corrected chi connectivity index (χ3v) is 6.41. The number of nitrogens with zero attached hydrogens (tertiary/aromatic N) is 1. The van der Waals surface area contributed by atoms with Crippen molar-refractivity contribution in [2.24, 2.45) is 5.10 Å². The molecule has 13 nitrogen and oxygen atoms in total. The van der Waals surface area contributed by atoms with Crippen molar-refractivity contribution in [2.75, 3.05) is 27.4 Å². The van der Waals surface area contributed by atoms with E-state index in [0.29, 0.717) is 50.0 Å². The molecule has 0 saturated carbocycles. The van der Waals surface area contributed by atoms with Crippen molar-refractivity contribution < 1.29 is 43.2 Å². The molecule has 220 valence electrons. The predicted molar refractivity (Wildman–Crippen MR) is 156 cm³/mol. The molecule has 0 bridgehead atoms. The Kier molecular flexibility index (Phi) is 11.2. The third-order valence-electron chi connectivity index (χ3n) is 5.61. The molecule has 1 aliphatic heterocycles. The van der Waals surface area contributed by atoms with Gasteiger partial charge in [0.05, 0.1) is 42.2 Å². The third kappa shape index (κ3) is 8.23. The fourth-order valence-corrected chi connectivity index (χ4v) is 4.61. The highest BCUT2D eigenvalue weighted by atomic mass is 127. The molecule has 1 aliphatic rings. The van der Waals surface area contributed by atoms with Crippen LogP contribution >= 0.6 is 22.6 Å². The standard InChI is InChI=1S/C27H31IN4O9/c1-6-39-20-11-17(24-23(26(35)38-5)14(2)30-27(36)31-24)7-8-19(20)40-13-22(34)32-29-12-16-9-18(28)25(41-15(3)33)21(10-16)37-4/h7-12,22,24,32,34H,6,13H2,1-5H3,(H2,30,31,36)/b29-12+/t22-,24+/m0/s1. The van der Waals surface area contributed by atoms with Crippen LogP contribution < -0.4 is 35.0 Å². The van der Waals surface area contributed by atoms with Crippen LogP contribution in [0.15, 0.2) is 46.7 Å². The lowest BCUT2D eigenvalue weighted by molar-refractivity contribution is -0.136. The maximum absolute atomic E-state index is 12.4. The van der Waals surface area contributed by atoms with Gasteiger partial charge in [0.1, 0.15) is 6.61 Å². The Morgan fingerprint density at radius 1 is 1.17 bits per heavy atom. The number of hydrogen-bond donors (Lipinski definition) is 4. The van der Waals surface area contributed by atoms with Gasteiger partial charge in [-0.2, -0.15) is 5.10 Å². The van der Waals surface area contributed by atoms with Crippen molar-refractivity contribution in [1.29, 1.82) is 0 Å². The number of urea groups is 1. The number of aliphatic hydroxyl groups excluding tert-OH is 1. The normalized spacial score (nSPS) is 15.5. The van der Waals surface area contributed by atoms with Crippen molar-refractivity contribution in [3.63, 3.8) is 0 Å². The summed E-state index contributed by atoms with van der Waals surface area (Å²) in [6.07, 6.45) is 0.287. The second-order valence-electron chi connectivity index (χ2n) is 8.54. The second kappa shape index (κ2) is 14.5. The molecule has 0 saturated heterocycles. The van der Waals surface area contributed by atoms with E-state index in [2.05, 4.69) is 21.2 Å². The fraction of sp³-hybridized carbons (Fsp3) is 0.333. The number of rotatable bonds is 12. The van der Waals surface area contributed by atoms with E-state index in [1.165, 1.54) is 27.4 Å². The van der Waals surface area contributed by atoms with Gasteiger partial charge >= 0.3 is 18.0 Å². The quantitative estimate of drug-likeness (QED) is 0.0654. The monoisotopic (exact) mass is 682 g/mol. The number of esters is 2. The first-order chi connectivity index (χ1) is 19.6. The van der Waals surface area contributed by atoms with Crippen LogP contribution in [0.3, 0.4) is 0 Å². The first kappa shape index (κ1) is 31.5. The number of carbonyl (C=O) groups is 3. The molecule has 2 aromatic rings. The molecule has 41 heavy (non-hydrogen) atoms. The summed E-state index contributed by atoms with van der Waals surface area (Å²) in [5, 5.41) is 19.7. The molecular formula is C27H31IN4O9. The Labute approximate surface area is 250 Å². The zero-order valence-corrected chi connectivity index (χ0v) is 25.2. The minimum atomic E-state index is -1.18. The summed E-state index contributed by atoms with van der Waals surface area (Å²) in [5.74, 6) is 0.307. The van der Waals surface area contributed by atoms with Crippen molar-refractivity contribution in [1.82, 2.24) is 16.1 Å². The van der Waals surface area contributed by atoms with Gasteiger partial charge in [0.2, 0.25) is 0 Å². The van der Waals surface area contributed by atoms with Gasteiger partial charge in [-0.25, -0.2) is 9.59 Å². The van der Waals surface area contributed by atoms with Gasteiger partial charge in [-0.1, -0.05) is 6.07 Å². The molecular weight excluding hydrogens is 651 g/mol. The Bertz CT molecular complexity index is 1360. The van der Waals surface area contributed by atoms with Crippen molar-refractivity contribution in [3.05, 3.63) is 56.3 Å². The summed E-state index contributed by atoms with van der Waals surface area (Å²) in [6, 6.07) is 7.09. The van der Waals surface area contributed by atoms with Crippen LogP contribution in [0.2, 0.25) is 0 Å². The van der Waals surface area contributed by atoms with E-state index in [9.17, 15) is 19.5 Å². The van der Waals surface area contributed by atoms with Gasteiger partial charge in [-0.05, 0) is 71.8 Å². The topological polar surface area (TPSA) is 166 Å². The Morgan fingerprint density at radius 2 is 1.93 bits per heavy atom. The lowest BCUT2D eigenvalue weighted by atomic mass is 9.95. The van der Waals surface area contributed by atoms with E-state index in [0.717, 1.165) is 0 Å². The summed E-state index contributed by atoms with van der Waals surface area (Å²) >= 11 is 2.02. The molecule has 0 aliphatic carbocycles. The largest absolute Gasteiger partial charge is 0.493 e.